The Balaban J connectivity index is 2.45. The lowest BCUT2D eigenvalue weighted by molar-refractivity contribution is -0.150. The molecule has 0 spiro atoms. The van der Waals surface area contributed by atoms with E-state index < -0.39 is 5.54 Å². The van der Waals surface area contributed by atoms with Crippen LogP contribution >= 0.6 is 0 Å². The third-order valence-corrected chi connectivity index (χ3v) is 4.33. The van der Waals surface area contributed by atoms with Gasteiger partial charge in [-0.3, -0.25) is 4.79 Å². The number of ether oxygens (including phenoxy) is 1. The summed E-state index contributed by atoms with van der Waals surface area (Å²) in [6.45, 7) is 13.9. The molecule has 4 nitrogen and oxygen atoms in total. The molecule has 0 radical (unpaired) electrons. The molecule has 1 aliphatic rings. The third kappa shape index (κ3) is 6.35. The fourth-order valence-electron chi connectivity index (χ4n) is 2.77. The van der Waals surface area contributed by atoms with Gasteiger partial charge in [-0.05, 0) is 72.4 Å². The van der Waals surface area contributed by atoms with Gasteiger partial charge in [-0.2, -0.15) is 0 Å². The molecule has 0 aliphatic heterocycles. The van der Waals surface area contributed by atoms with Gasteiger partial charge in [-0.25, -0.2) is 0 Å². The van der Waals surface area contributed by atoms with Crippen LogP contribution in [0.2, 0.25) is 0 Å². The van der Waals surface area contributed by atoms with E-state index in [1.54, 1.807) is 0 Å². The molecule has 1 aliphatic carbocycles. The topological polar surface area (TPSA) is 41.6 Å². The average molecular weight is 298 g/mol. The molecule has 1 saturated carbocycles. The number of nitrogens with one attached hydrogen (secondary N) is 1. The Hall–Kier alpha value is -0.610. The first-order valence-electron chi connectivity index (χ1n) is 8.59. The summed E-state index contributed by atoms with van der Waals surface area (Å²) in [7, 11) is 0. The summed E-state index contributed by atoms with van der Waals surface area (Å²) >= 11 is 0. The Morgan fingerprint density at radius 2 is 2.05 bits per heavy atom. The lowest BCUT2D eigenvalue weighted by Gasteiger charge is -2.31. The minimum absolute atomic E-state index is 0.120. The number of carbonyl (C=O) groups excluding carboxylic acids is 1. The average Bonchev–Trinajstić information content (AvgIpc) is 3.22. The van der Waals surface area contributed by atoms with Crippen LogP contribution in [0.25, 0.3) is 0 Å². The summed E-state index contributed by atoms with van der Waals surface area (Å²) in [5.41, 5.74) is -0.549. The van der Waals surface area contributed by atoms with Crippen molar-refractivity contribution < 1.29 is 9.53 Å². The highest BCUT2D eigenvalue weighted by Gasteiger charge is 2.33. The van der Waals surface area contributed by atoms with Crippen LogP contribution in [0, 0.1) is 5.92 Å². The number of likely N-dealkylation sites (N-methyl/N-ethyl adjacent to an activating group) is 1. The minimum Gasteiger partial charge on any atom is -0.465 e. The number of esters is 1. The molecule has 4 heteroatoms. The predicted molar refractivity (Wildman–Crippen MR) is 87.4 cm³/mol. The van der Waals surface area contributed by atoms with E-state index in [4.69, 9.17) is 4.74 Å². The van der Waals surface area contributed by atoms with Gasteiger partial charge in [0.1, 0.15) is 5.54 Å². The lowest BCUT2D eigenvalue weighted by Crippen LogP contribution is -2.51. The van der Waals surface area contributed by atoms with E-state index in [0.29, 0.717) is 12.6 Å². The molecular weight excluding hydrogens is 264 g/mol. The molecule has 0 bridgehead atoms. The molecule has 124 valence electrons. The molecule has 1 fully saturated rings. The molecule has 21 heavy (non-hydrogen) atoms. The van der Waals surface area contributed by atoms with Gasteiger partial charge < -0.3 is 15.0 Å². The highest BCUT2D eigenvalue weighted by molar-refractivity contribution is 5.80. The Morgan fingerprint density at radius 1 is 1.38 bits per heavy atom. The molecule has 0 aromatic carbocycles. The summed E-state index contributed by atoms with van der Waals surface area (Å²) in [6.07, 6.45) is 4.63. The molecule has 0 amide bonds. The fourth-order valence-corrected chi connectivity index (χ4v) is 2.77. The monoisotopic (exact) mass is 298 g/mol. The Morgan fingerprint density at radius 3 is 2.52 bits per heavy atom. The van der Waals surface area contributed by atoms with Crippen molar-refractivity contribution in [3.63, 3.8) is 0 Å². The smallest absolute Gasteiger partial charge is 0.326 e. The van der Waals surface area contributed by atoms with Gasteiger partial charge in [0.25, 0.3) is 0 Å². The summed E-state index contributed by atoms with van der Waals surface area (Å²) in [5, 5.41) is 3.31. The van der Waals surface area contributed by atoms with E-state index in [0.717, 1.165) is 31.8 Å². The van der Waals surface area contributed by atoms with Crippen LogP contribution < -0.4 is 5.32 Å². The van der Waals surface area contributed by atoms with Crippen LogP contribution in [0.4, 0.5) is 0 Å². The Kier molecular flexibility index (Phi) is 7.67. The number of nitrogens with zero attached hydrogens (tertiary/aromatic N) is 1. The number of rotatable bonds is 11. The first kappa shape index (κ1) is 18.4. The van der Waals surface area contributed by atoms with Crippen LogP contribution in [-0.2, 0) is 9.53 Å². The van der Waals surface area contributed by atoms with Crippen LogP contribution in [-0.4, -0.2) is 48.7 Å². The lowest BCUT2D eigenvalue weighted by atomic mass is 9.95. The van der Waals surface area contributed by atoms with Crippen molar-refractivity contribution in [1.29, 1.82) is 0 Å². The second-order valence-electron chi connectivity index (χ2n) is 6.72. The van der Waals surface area contributed by atoms with Gasteiger partial charge in [0, 0.05) is 12.6 Å². The largest absolute Gasteiger partial charge is 0.465 e. The minimum atomic E-state index is -0.549. The zero-order valence-electron chi connectivity index (χ0n) is 14.6. The summed E-state index contributed by atoms with van der Waals surface area (Å²) in [5.74, 6) is 0.794. The maximum Gasteiger partial charge on any atom is 0.326 e. The summed E-state index contributed by atoms with van der Waals surface area (Å²) in [4.78, 5) is 14.7. The van der Waals surface area contributed by atoms with Gasteiger partial charge >= 0.3 is 5.97 Å². The second-order valence-corrected chi connectivity index (χ2v) is 6.72. The van der Waals surface area contributed by atoms with E-state index in [2.05, 4.69) is 24.1 Å². The molecular formula is C17H34N2O2. The first-order valence-corrected chi connectivity index (χ1v) is 8.59. The zero-order chi connectivity index (χ0) is 15.9. The summed E-state index contributed by atoms with van der Waals surface area (Å²) in [6, 6.07) is 0.582. The van der Waals surface area contributed by atoms with Crippen LogP contribution in [0.3, 0.4) is 0 Å². The van der Waals surface area contributed by atoms with E-state index >= 15 is 0 Å². The third-order valence-electron chi connectivity index (χ3n) is 4.33. The van der Waals surface area contributed by atoms with Crippen LogP contribution in [0.5, 0.6) is 0 Å². The fraction of sp³-hybridized carbons (Fsp3) is 0.941. The Bertz CT molecular complexity index is 316. The van der Waals surface area contributed by atoms with Gasteiger partial charge in [-0.15, -0.1) is 0 Å². The van der Waals surface area contributed by atoms with Crippen molar-refractivity contribution in [2.45, 2.75) is 71.9 Å². The van der Waals surface area contributed by atoms with Crippen molar-refractivity contribution in [1.82, 2.24) is 10.2 Å². The van der Waals surface area contributed by atoms with Crippen molar-refractivity contribution in [2.24, 2.45) is 5.92 Å². The molecule has 0 aromatic rings. The molecule has 0 aromatic heterocycles. The molecule has 1 rings (SSSR count). The number of carbonyl (C=O) groups is 1. The van der Waals surface area contributed by atoms with Gasteiger partial charge in [-0.1, -0.05) is 6.92 Å². The molecule has 1 unspecified atom stereocenters. The highest BCUT2D eigenvalue weighted by Crippen LogP contribution is 2.30. The first-order chi connectivity index (χ1) is 9.92. The van der Waals surface area contributed by atoms with Gasteiger partial charge in [0.15, 0.2) is 0 Å². The van der Waals surface area contributed by atoms with Crippen molar-refractivity contribution in [2.75, 3.05) is 26.2 Å². The maximum absolute atomic E-state index is 12.2. The van der Waals surface area contributed by atoms with E-state index in [-0.39, 0.29) is 5.97 Å². The standard InChI is InChI=1S/C17H34N2O2/c1-6-18-17(5,16(20)21-7-2)11-8-12-19(14(3)4)13-15-9-10-15/h14-15,18H,6-13H2,1-5H3. The van der Waals surface area contributed by atoms with Gasteiger partial charge in [0.05, 0.1) is 6.61 Å². The number of hydrogen-bond donors (Lipinski definition) is 1. The highest BCUT2D eigenvalue weighted by atomic mass is 16.5. The van der Waals surface area contributed by atoms with Gasteiger partial charge in [0.2, 0.25) is 0 Å². The Labute approximate surface area is 130 Å². The molecule has 1 N–H and O–H groups in total. The zero-order valence-corrected chi connectivity index (χ0v) is 14.6. The molecule has 0 saturated heterocycles. The SMILES string of the molecule is CCNC(C)(CCCN(CC1CC1)C(C)C)C(=O)OCC. The predicted octanol–water partition coefficient (Wildman–Crippen LogP) is 2.82. The quantitative estimate of drug-likeness (QED) is 0.596. The van der Waals surface area contributed by atoms with Crippen molar-refractivity contribution in [3.05, 3.63) is 0 Å². The van der Waals surface area contributed by atoms with Crippen LogP contribution in [0.1, 0.15) is 60.3 Å². The molecule has 1 atom stereocenters. The molecule has 0 heterocycles. The summed E-state index contributed by atoms with van der Waals surface area (Å²) < 4.78 is 5.22. The van der Waals surface area contributed by atoms with E-state index in [1.165, 1.54) is 19.4 Å². The van der Waals surface area contributed by atoms with E-state index in [1.807, 2.05) is 20.8 Å². The van der Waals surface area contributed by atoms with E-state index in [9.17, 15) is 4.79 Å². The second kappa shape index (κ2) is 8.74. The van der Waals surface area contributed by atoms with Crippen molar-refractivity contribution in [3.8, 4) is 0 Å². The van der Waals surface area contributed by atoms with Crippen LogP contribution in [0.15, 0.2) is 0 Å². The van der Waals surface area contributed by atoms with Crippen molar-refractivity contribution >= 4 is 5.97 Å². The number of hydrogen-bond acceptors (Lipinski definition) is 4. The maximum atomic E-state index is 12.2. The normalized spacial score (nSPS) is 18.0.